The van der Waals surface area contributed by atoms with Gasteiger partial charge in [0.2, 0.25) is 10.0 Å². The van der Waals surface area contributed by atoms with Crippen LogP contribution in [0.2, 0.25) is 0 Å². The van der Waals surface area contributed by atoms with Gasteiger partial charge in [-0.1, -0.05) is 0 Å². The number of anilines is 1. The molecule has 1 aromatic rings. The van der Waals surface area contributed by atoms with Crippen molar-refractivity contribution in [1.29, 1.82) is 0 Å². The van der Waals surface area contributed by atoms with Crippen LogP contribution in [-0.2, 0) is 10.0 Å². The molecule has 1 atom stereocenters. The van der Waals surface area contributed by atoms with Gasteiger partial charge >= 0.3 is 6.18 Å². The summed E-state index contributed by atoms with van der Waals surface area (Å²) in [6.07, 6.45) is -4.20. The summed E-state index contributed by atoms with van der Waals surface area (Å²) in [4.78, 5) is -0.0166. The average Bonchev–Trinajstić information content (AvgIpc) is 2.41. The second-order valence-corrected chi connectivity index (χ2v) is 7.20. The zero-order chi connectivity index (χ0) is 15.8. The first-order valence-corrected chi connectivity index (χ1v) is 7.99. The third-order valence-electron chi connectivity index (χ3n) is 3.73. The van der Waals surface area contributed by atoms with Crippen LogP contribution >= 0.6 is 0 Å². The number of alkyl halides is 3. The van der Waals surface area contributed by atoms with Crippen LogP contribution in [0.25, 0.3) is 0 Å². The second-order valence-electron chi connectivity index (χ2n) is 5.26. The number of hydrogen-bond acceptors (Lipinski definition) is 3. The normalized spacial score (nSPS) is 21.4. The number of sulfonamides is 1. The van der Waals surface area contributed by atoms with E-state index >= 15 is 0 Å². The van der Waals surface area contributed by atoms with Crippen molar-refractivity contribution in [3.63, 3.8) is 0 Å². The Bertz CT molecular complexity index is 629. The molecule has 21 heavy (non-hydrogen) atoms. The molecule has 0 spiro atoms. The number of nitrogens with two attached hydrogens (primary N) is 1. The molecule has 4 nitrogen and oxygen atoms in total. The minimum atomic E-state index is -4.37. The van der Waals surface area contributed by atoms with Gasteiger partial charge in [-0.15, -0.1) is 0 Å². The zero-order valence-electron chi connectivity index (χ0n) is 11.5. The van der Waals surface area contributed by atoms with Gasteiger partial charge in [0.05, 0.1) is 10.8 Å². The number of halogens is 3. The molecule has 1 unspecified atom stereocenters. The standard InChI is InChI=1S/C13H17F3N2O2S/c1-9-7-11(4-5-12(9)17)21(19,20)18-6-2-3-10(8-18)13(14,15)16/h4-5,7,10H,2-3,6,8,17H2,1H3. The van der Waals surface area contributed by atoms with Crippen LogP contribution in [0.1, 0.15) is 18.4 Å². The number of rotatable bonds is 2. The average molecular weight is 322 g/mol. The van der Waals surface area contributed by atoms with Crippen LogP contribution in [0.4, 0.5) is 18.9 Å². The molecule has 2 N–H and O–H groups in total. The fourth-order valence-corrected chi connectivity index (χ4v) is 4.00. The first-order valence-electron chi connectivity index (χ1n) is 6.55. The van der Waals surface area contributed by atoms with Crippen LogP contribution in [0.15, 0.2) is 23.1 Å². The molecule has 0 radical (unpaired) electrons. The fourth-order valence-electron chi connectivity index (χ4n) is 2.39. The van der Waals surface area contributed by atoms with Gasteiger partial charge in [-0.2, -0.15) is 17.5 Å². The Balaban J connectivity index is 2.28. The van der Waals surface area contributed by atoms with Crippen molar-refractivity contribution >= 4 is 15.7 Å². The Kier molecular flexibility index (Phi) is 4.21. The summed E-state index contributed by atoms with van der Waals surface area (Å²) >= 11 is 0. The molecule has 2 rings (SSSR count). The van der Waals surface area contributed by atoms with Gasteiger partial charge in [-0.05, 0) is 43.5 Å². The molecular formula is C13H17F3N2O2S. The third-order valence-corrected chi connectivity index (χ3v) is 5.59. The number of nitrogens with zero attached hydrogens (tertiary/aromatic N) is 1. The maximum absolute atomic E-state index is 12.8. The van der Waals surface area contributed by atoms with Crippen molar-refractivity contribution in [1.82, 2.24) is 4.31 Å². The van der Waals surface area contributed by atoms with E-state index in [0.717, 1.165) is 4.31 Å². The summed E-state index contributed by atoms with van der Waals surface area (Å²) < 4.78 is 64.2. The summed E-state index contributed by atoms with van der Waals surface area (Å²) in [5.74, 6) is -1.60. The number of piperidine rings is 1. The van der Waals surface area contributed by atoms with Gasteiger partial charge in [-0.3, -0.25) is 0 Å². The van der Waals surface area contributed by atoms with Gasteiger partial charge in [0.15, 0.2) is 0 Å². The van der Waals surface area contributed by atoms with E-state index in [0.29, 0.717) is 11.3 Å². The highest BCUT2D eigenvalue weighted by Crippen LogP contribution is 2.35. The molecule has 1 aromatic carbocycles. The molecule has 1 aliphatic heterocycles. The summed E-state index contributed by atoms with van der Waals surface area (Å²) in [6.45, 7) is 1.25. The third kappa shape index (κ3) is 3.32. The summed E-state index contributed by atoms with van der Waals surface area (Å²) in [6, 6.07) is 4.17. The molecule has 8 heteroatoms. The zero-order valence-corrected chi connectivity index (χ0v) is 12.3. The van der Waals surface area contributed by atoms with E-state index in [2.05, 4.69) is 0 Å². The van der Waals surface area contributed by atoms with Crippen LogP contribution in [0.5, 0.6) is 0 Å². The quantitative estimate of drug-likeness (QED) is 0.851. The van der Waals surface area contributed by atoms with Crippen LogP contribution in [-0.4, -0.2) is 32.0 Å². The maximum Gasteiger partial charge on any atom is 0.393 e. The van der Waals surface area contributed by atoms with Crippen molar-refractivity contribution < 1.29 is 21.6 Å². The van der Waals surface area contributed by atoms with E-state index in [9.17, 15) is 21.6 Å². The van der Waals surface area contributed by atoms with Crippen molar-refractivity contribution in [2.75, 3.05) is 18.8 Å². The van der Waals surface area contributed by atoms with Crippen molar-refractivity contribution in [3.05, 3.63) is 23.8 Å². The SMILES string of the molecule is Cc1cc(S(=O)(=O)N2CCCC(C(F)(F)F)C2)ccc1N. The molecule has 0 aromatic heterocycles. The highest BCUT2D eigenvalue weighted by atomic mass is 32.2. The summed E-state index contributed by atoms with van der Waals surface area (Å²) in [7, 11) is -3.92. The minimum absolute atomic E-state index is 0.0166. The Morgan fingerprint density at radius 2 is 2.00 bits per heavy atom. The maximum atomic E-state index is 12.8. The van der Waals surface area contributed by atoms with Gasteiger partial charge in [0.1, 0.15) is 0 Å². The molecule has 0 bridgehead atoms. The van der Waals surface area contributed by atoms with E-state index in [1.54, 1.807) is 6.92 Å². The first-order chi connectivity index (χ1) is 9.62. The van der Waals surface area contributed by atoms with Crippen molar-refractivity contribution in [3.8, 4) is 0 Å². The number of hydrogen-bond donors (Lipinski definition) is 1. The molecular weight excluding hydrogens is 305 g/mol. The lowest BCUT2D eigenvalue weighted by Crippen LogP contribution is -2.44. The van der Waals surface area contributed by atoms with Crippen LogP contribution in [0.3, 0.4) is 0 Å². The van der Waals surface area contributed by atoms with E-state index in [1.165, 1.54) is 18.2 Å². The molecule has 118 valence electrons. The number of benzene rings is 1. The van der Waals surface area contributed by atoms with Gasteiger partial charge in [0.25, 0.3) is 0 Å². The first kappa shape index (κ1) is 16.1. The Morgan fingerprint density at radius 3 is 2.57 bits per heavy atom. The summed E-state index contributed by atoms with van der Waals surface area (Å²) in [5, 5.41) is 0. The van der Waals surface area contributed by atoms with Crippen molar-refractivity contribution in [2.24, 2.45) is 5.92 Å². The highest BCUT2D eigenvalue weighted by Gasteiger charge is 2.44. The smallest absolute Gasteiger partial charge is 0.393 e. The molecule has 1 heterocycles. The van der Waals surface area contributed by atoms with E-state index in [4.69, 9.17) is 5.73 Å². The largest absolute Gasteiger partial charge is 0.399 e. The predicted octanol–water partition coefficient (Wildman–Crippen LogP) is 2.54. The Labute approximate surface area is 121 Å². The molecule has 0 amide bonds. The van der Waals surface area contributed by atoms with E-state index < -0.39 is 28.7 Å². The van der Waals surface area contributed by atoms with Gasteiger partial charge in [-0.25, -0.2) is 8.42 Å². The topological polar surface area (TPSA) is 63.4 Å². The lowest BCUT2D eigenvalue weighted by Gasteiger charge is -2.33. The molecule has 1 fully saturated rings. The second kappa shape index (κ2) is 5.49. The summed E-state index contributed by atoms with van der Waals surface area (Å²) in [5.41, 5.74) is 6.66. The molecule has 1 aliphatic rings. The fraction of sp³-hybridized carbons (Fsp3) is 0.538. The van der Waals surface area contributed by atoms with E-state index in [-0.39, 0.29) is 24.3 Å². The predicted molar refractivity (Wildman–Crippen MR) is 73.1 cm³/mol. The molecule has 1 saturated heterocycles. The van der Waals surface area contributed by atoms with Crippen LogP contribution < -0.4 is 5.73 Å². The van der Waals surface area contributed by atoms with Gasteiger partial charge < -0.3 is 5.73 Å². The minimum Gasteiger partial charge on any atom is -0.399 e. The molecule has 0 aliphatic carbocycles. The lowest BCUT2D eigenvalue weighted by atomic mass is 9.99. The number of aryl methyl sites for hydroxylation is 1. The molecule has 0 saturated carbocycles. The van der Waals surface area contributed by atoms with Gasteiger partial charge in [0, 0.05) is 18.8 Å². The highest BCUT2D eigenvalue weighted by molar-refractivity contribution is 7.89. The van der Waals surface area contributed by atoms with E-state index in [1.807, 2.05) is 0 Å². The number of nitrogen functional groups attached to an aromatic ring is 1. The van der Waals surface area contributed by atoms with Crippen molar-refractivity contribution in [2.45, 2.75) is 30.8 Å². The van der Waals surface area contributed by atoms with Crippen LogP contribution in [0, 0.1) is 12.8 Å². The Hall–Kier alpha value is -1.28. The Morgan fingerprint density at radius 1 is 1.33 bits per heavy atom. The monoisotopic (exact) mass is 322 g/mol. The lowest BCUT2D eigenvalue weighted by molar-refractivity contribution is -0.182.